The summed E-state index contributed by atoms with van der Waals surface area (Å²) in [7, 11) is 3.17. The van der Waals surface area contributed by atoms with Crippen molar-refractivity contribution in [1.29, 1.82) is 0 Å². The number of hydrogen-bond donors (Lipinski definition) is 1. The number of rotatable bonds is 4. The Morgan fingerprint density at radius 2 is 1.84 bits per heavy atom. The fourth-order valence-electron chi connectivity index (χ4n) is 1.95. The van der Waals surface area contributed by atoms with Crippen LogP contribution in [0.25, 0.3) is 0 Å². The lowest BCUT2D eigenvalue weighted by Gasteiger charge is -2.15. The summed E-state index contributed by atoms with van der Waals surface area (Å²) in [6.07, 6.45) is 0.789. The van der Waals surface area contributed by atoms with E-state index in [0.29, 0.717) is 11.4 Å². The van der Waals surface area contributed by atoms with E-state index in [4.69, 9.17) is 9.47 Å². The van der Waals surface area contributed by atoms with Crippen LogP contribution in [0.15, 0.2) is 36.5 Å². The lowest BCUT2D eigenvalue weighted by molar-refractivity contribution is 0.208. The van der Waals surface area contributed by atoms with E-state index < -0.39 is 6.10 Å². The summed E-state index contributed by atoms with van der Waals surface area (Å²) in [6, 6.07) is 9.12. The normalized spacial score (nSPS) is 12.0. The van der Waals surface area contributed by atoms with Crippen LogP contribution in [0.5, 0.6) is 11.5 Å². The van der Waals surface area contributed by atoms with Gasteiger partial charge in [0, 0.05) is 6.20 Å². The lowest BCUT2D eigenvalue weighted by atomic mass is 10.0. The number of nitrogens with zero attached hydrogens (tertiary/aromatic N) is 1. The summed E-state index contributed by atoms with van der Waals surface area (Å²) in [6.45, 7) is 1.95. The van der Waals surface area contributed by atoms with E-state index in [0.717, 1.165) is 16.9 Å². The molecular weight excluding hydrogens is 242 g/mol. The van der Waals surface area contributed by atoms with Crippen molar-refractivity contribution < 1.29 is 14.6 Å². The third-order valence-corrected chi connectivity index (χ3v) is 3.03. The maximum atomic E-state index is 10.4. The molecule has 1 unspecified atom stereocenters. The number of benzene rings is 1. The van der Waals surface area contributed by atoms with Gasteiger partial charge in [-0.05, 0) is 36.2 Å². The van der Waals surface area contributed by atoms with Crippen LogP contribution in [0.4, 0.5) is 0 Å². The third-order valence-electron chi connectivity index (χ3n) is 3.03. The number of ether oxygens (including phenoxy) is 2. The van der Waals surface area contributed by atoms with E-state index in [1.54, 1.807) is 32.5 Å². The van der Waals surface area contributed by atoms with Gasteiger partial charge in [0.1, 0.15) is 23.3 Å². The molecular formula is C15H17NO3. The Kier molecular flexibility index (Phi) is 4.02. The fraction of sp³-hybridized carbons (Fsp3) is 0.267. The van der Waals surface area contributed by atoms with Gasteiger partial charge in [-0.3, -0.25) is 4.98 Å². The molecule has 19 heavy (non-hydrogen) atoms. The van der Waals surface area contributed by atoms with Gasteiger partial charge >= 0.3 is 0 Å². The first-order chi connectivity index (χ1) is 9.17. The number of pyridine rings is 1. The highest BCUT2D eigenvalue weighted by atomic mass is 16.5. The summed E-state index contributed by atoms with van der Waals surface area (Å²) in [5.41, 5.74) is 2.24. The van der Waals surface area contributed by atoms with Crippen molar-refractivity contribution in [2.75, 3.05) is 14.2 Å². The first-order valence-electron chi connectivity index (χ1n) is 5.99. The van der Waals surface area contributed by atoms with Crippen LogP contribution in [-0.2, 0) is 0 Å². The zero-order valence-corrected chi connectivity index (χ0v) is 11.3. The second-order valence-corrected chi connectivity index (χ2v) is 4.22. The van der Waals surface area contributed by atoms with Gasteiger partial charge in [-0.25, -0.2) is 0 Å². The van der Waals surface area contributed by atoms with Gasteiger partial charge < -0.3 is 14.6 Å². The SMILES string of the molecule is COc1cc(C(O)c2ncccc2OC)ccc1C. The molecule has 0 saturated carbocycles. The zero-order chi connectivity index (χ0) is 13.8. The van der Waals surface area contributed by atoms with Gasteiger partial charge in [-0.2, -0.15) is 0 Å². The quantitative estimate of drug-likeness (QED) is 0.916. The van der Waals surface area contributed by atoms with Crippen molar-refractivity contribution in [1.82, 2.24) is 4.98 Å². The van der Waals surface area contributed by atoms with Gasteiger partial charge in [0.25, 0.3) is 0 Å². The molecule has 0 amide bonds. The number of aromatic nitrogens is 1. The molecule has 0 aliphatic carbocycles. The number of aliphatic hydroxyl groups excluding tert-OH is 1. The van der Waals surface area contributed by atoms with Crippen molar-refractivity contribution in [2.45, 2.75) is 13.0 Å². The Morgan fingerprint density at radius 1 is 1.11 bits per heavy atom. The Hall–Kier alpha value is -2.07. The lowest BCUT2D eigenvalue weighted by Crippen LogP contribution is -2.05. The summed E-state index contributed by atoms with van der Waals surface area (Å²) >= 11 is 0. The average Bonchev–Trinajstić information content (AvgIpc) is 2.47. The monoisotopic (exact) mass is 259 g/mol. The molecule has 1 aromatic heterocycles. The molecule has 0 aliphatic rings. The largest absolute Gasteiger partial charge is 0.496 e. The first kappa shape index (κ1) is 13.4. The van der Waals surface area contributed by atoms with E-state index in [9.17, 15) is 5.11 Å². The molecule has 2 aromatic rings. The highest BCUT2D eigenvalue weighted by molar-refractivity contribution is 5.41. The van der Waals surface area contributed by atoms with Gasteiger partial charge in [0.05, 0.1) is 14.2 Å². The van der Waals surface area contributed by atoms with E-state index in [1.165, 1.54) is 0 Å². The van der Waals surface area contributed by atoms with Gasteiger partial charge in [-0.1, -0.05) is 12.1 Å². The number of aliphatic hydroxyl groups is 1. The Morgan fingerprint density at radius 3 is 2.53 bits per heavy atom. The van der Waals surface area contributed by atoms with Gasteiger partial charge in [-0.15, -0.1) is 0 Å². The molecule has 1 aromatic carbocycles. The molecule has 0 radical (unpaired) electrons. The van der Waals surface area contributed by atoms with Crippen molar-refractivity contribution in [3.05, 3.63) is 53.3 Å². The minimum atomic E-state index is -0.842. The second-order valence-electron chi connectivity index (χ2n) is 4.22. The topological polar surface area (TPSA) is 51.6 Å². The van der Waals surface area contributed by atoms with E-state index >= 15 is 0 Å². The van der Waals surface area contributed by atoms with Crippen LogP contribution in [0.3, 0.4) is 0 Å². The highest BCUT2D eigenvalue weighted by Crippen LogP contribution is 2.30. The van der Waals surface area contributed by atoms with Crippen LogP contribution in [-0.4, -0.2) is 24.3 Å². The third kappa shape index (κ3) is 2.69. The molecule has 0 aliphatic heterocycles. The molecule has 4 heteroatoms. The van der Waals surface area contributed by atoms with Crippen LogP contribution >= 0.6 is 0 Å². The minimum Gasteiger partial charge on any atom is -0.496 e. The van der Waals surface area contributed by atoms with Crippen LogP contribution in [0, 0.1) is 6.92 Å². The highest BCUT2D eigenvalue weighted by Gasteiger charge is 2.17. The molecule has 4 nitrogen and oxygen atoms in total. The Labute approximate surface area is 112 Å². The van der Waals surface area contributed by atoms with Crippen molar-refractivity contribution >= 4 is 0 Å². The summed E-state index contributed by atoms with van der Waals surface area (Å²) in [4.78, 5) is 4.19. The van der Waals surface area contributed by atoms with Crippen LogP contribution < -0.4 is 9.47 Å². The van der Waals surface area contributed by atoms with E-state index in [-0.39, 0.29) is 0 Å². The molecule has 1 heterocycles. The van der Waals surface area contributed by atoms with Crippen LogP contribution in [0.1, 0.15) is 22.9 Å². The predicted molar refractivity (Wildman–Crippen MR) is 72.6 cm³/mol. The minimum absolute atomic E-state index is 0.496. The Balaban J connectivity index is 2.41. The van der Waals surface area contributed by atoms with E-state index in [1.807, 2.05) is 25.1 Å². The molecule has 0 bridgehead atoms. The maximum absolute atomic E-state index is 10.4. The summed E-state index contributed by atoms with van der Waals surface area (Å²) in [5, 5.41) is 10.4. The Bertz CT molecular complexity index is 569. The predicted octanol–water partition coefficient (Wildman–Crippen LogP) is 2.49. The number of methoxy groups -OCH3 is 2. The molecule has 0 fully saturated rings. The summed E-state index contributed by atoms with van der Waals surface area (Å²) in [5.74, 6) is 1.31. The van der Waals surface area contributed by atoms with E-state index in [2.05, 4.69) is 4.98 Å². The van der Waals surface area contributed by atoms with Gasteiger partial charge in [0.15, 0.2) is 0 Å². The molecule has 0 saturated heterocycles. The molecule has 1 atom stereocenters. The maximum Gasteiger partial charge on any atom is 0.143 e. The molecule has 2 rings (SSSR count). The van der Waals surface area contributed by atoms with Crippen molar-refractivity contribution in [2.24, 2.45) is 0 Å². The van der Waals surface area contributed by atoms with Gasteiger partial charge in [0.2, 0.25) is 0 Å². The number of hydrogen-bond acceptors (Lipinski definition) is 4. The molecule has 1 N–H and O–H groups in total. The first-order valence-corrected chi connectivity index (χ1v) is 5.99. The smallest absolute Gasteiger partial charge is 0.143 e. The fourth-order valence-corrected chi connectivity index (χ4v) is 1.95. The zero-order valence-electron chi connectivity index (χ0n) is 11.3. The molecule has 100 valence electrons. The average molecular weight is 259 g/mol. The standard InChI is InChI=1S/C15H17NO3/c1-10-6-7-11(9-13(10)19-3)15(17)14-12(18-2)5-4-8-16-14/h4-9,15,17H,1-3H3. The van der Waals surface area contributed by atoms with Crippen molar-refractivity contribution in [3.63, 3.8) is 0 Å². The molecule has 0 spiro atoms. The van der Waals surface area contributed by atoms with Crippen LogP contribution in [0.2, 0.25) is 0 Å². The second kappa shape index (κ2) is 5.71. The summed E-state index contributed by atoms with van der Waals surface area (Å²) < 4.78 is 10.5. The number of aryl methyl sites for hydroxylation is 1. The van der Waals surface area contributed by atoms with Crippen molar-refractivity contribution in [3.8, 4) is 11.5 Å².